The van der Waals surface area contributed by atoms with Crippen LogP contribution in [0.1, 0.15) is 39.5 Å². The molecule has 0 fully saturated rings. The van der Waals surface area contributed by atoms with E-state index in [4.69, 9.17) is 30.1 Å². The minimum atomic E-state index is -1.62. The van der Waals surface area contributed by atoms with E-state index in [9.17, 15) is 0 Å². The van der Waals surface area contributed by atoms with Crippen molar-refractivity contribution in [2.45, 2.75) is 39.5 Å². The molecule has 7 heteroatoms. The summed E-state index contributed by atoms with van der Waals surface area (Å²) in [6.07, 6.45) is 5.40. The fourth-order valence-corrected chi connectivity index (χ4v) is 3.08. The molecule has 1 N–H and O–H groups in total. The first kappa shape index (κ1) is 23.3. The van der Waals surface area contributed by atoms with Crippen LogP contribution in [-0.4, -0.2) is 36.1 Å². The van der Waals surface area contributed by atoms with Gasteiger partial charge in [-0.15, -0.1) is 0 Å². The van der Waals surface area contributed by atoms with Gasteiger partial charge in [-0.05, 0) is 24.3 Å². The summed E-state index contributed by atoms with van der Waals surface area (Å²) in [5.41, 5.74) is 0. The van der Waals surface area contributed by atoms with Crippen molar-refractivity contribution in [3.05, 3.63) is 0 Å². The van der Waals surface area contributed by atoms with Crippen molar-refractivity contribution in [2.75, 3.05) is 36.1 Å². The second-order valence-corrected chi connectivity index (χ2v) is 12.6. The van der Waals surface area contributed by atoms with E-state index in [1.165, 1.54) is 61.8 Å². The van der Waals surface area contributed by atoms with Gasteiger partial charge in [0.15, 0.2) is 0 Å². The Bertz CT molecular complexity index is 142. The van der Waals surface area contributed by atoms with Crippen LogP contribution in [0.25, 0.3) is 0 Å². The third-order valence-electron chi connectivity index (χ3n) is 2.13. The second kappa shape index (κ2) is 22.3. The zero-order valence-electron chi connectivity index (χ0n) is 11.9. The number of nitrogens with one attached hydrogen (secondary N) is 1. The van der Waals surface area contributed by atoms with E-state index in [-0.39, 0.29) is 0 Å². The Morgan fingerprint density at radius 3 is 1.47 bits per heavy atom. The first-order chi connectivity index (χ1) is 9.15. The van der Waals surface area contributed by atoms with E-state index in [0.29, 0.717) is 0 Å². The number of thioether (sulfide) groups is 2. The molecule has 0 radical (unpaired) electrons. The van der Waals surface area contributed by atoms with Crippen LogP contribution in [-0.2, 0) is 11.4 Å². The van der Waals surface area contributed by atoms with Crippen LogP contribution in [0.5, 0.6) is 0 Å². The van der Waals surface area contributed by atoms with E-state index in [0.717, 1.165) is 0 Å². The van der Waals surface area contributed by atoms with Crippen molar-refractivity contribution in [3.8, 4) is 0 Å². The third-order valence-corrected chi connectivity index (χ3v) is 4.27. The maximum atomic E-state index is 4.93. The molecular weight excluding hydrogens is 381 g/mol. The van der Waals surface area contributed by atoms with Crippen LogP contribution < -0.4 is 5.32 Å². The van der Waals surface area contributed by atoms with E-state index in [1.807, 2.05) is 0 Å². The van der Waals surface area contributed by atoms with Crippen molar-refractivity contribution in [1.82, 2.24) is 5.32 Å². The molecule has 0 aromatic carbocycles. The first-order valence-corrected chi connectivity index (χ1v) is 14.3. The Labute approximate surface area is 145 Å². The molecule has 0 aliphatic rings. The predicted molar refractivity (Wildman–Crippen MR) is 94.9 cm³/mol. The van der Waals surface area contributed by atoms with Gasteiger partial charge < -0.3 is 5.32 Å². The normalized spacial score (nSPS) is 10.4. The molecule has 1 nitrogen and oxygen atoms in total. The van der Waals surface area contributed by atoms with E-state index < -0.39 is 11.4 Å². The van der Waals surface area contributed by atoms with Gasteiger partial charge in [-0.1, -0.05) is 26.7 Å². The number of hydrogen-bond donors (Lipinski definition) is 1. The van der Waals surface area contributed by atoms with Gasteiger partial charge in [-0.25, -0.2) is 0 Å². The molecule has 0 saturated heterocycles. The fraction of sp³-hybridized carbons (Fsp3) is 1.00. The maximum absolute atomic E-state index is 4.93. The van der Waals surface area contributed by atoms with Crippen LogP contribution in [0.15, 0.2) is 0 Å². The molecule has 119 valence electrons. The van der Waals surface area contributed by atoms with E-state index >= 15 is 0 Å². The zero-order valence-corrected chi connectivity index (χ0v) is 17.1. The molecule has 0 aliphatic carbocycles. The van der Waals surface area contributed by atoms with Gasteiger partial charge in [0.25, 0.3) is 0 Å². The van der Waals surface area contributed by atoms with Crippen LogP contribution in [0.3, 0.4) is 0 Å². The van der Waals surface area contributed by atoms with Crippen LogP contribution in [0, 0.1) is 0 Å². The van der Waals surface area contributed by atoms with Crippen LogP contribution in [0.4, 0.5) is 0 Å². The minimum absolute atomic E-state index is 1.18. The van der Waals surface area contributed by atoms with Crippen molar-refractivity contribution in [2.24, 2.45) is 0 Å². The van der Waals surface area contributed by atoms with E-state index in [2.05, 4.69) is 42.7 Å². The Morgan fingerprint density at radius 2 is 1.16 bits per heavy atom. The fourth-order valence-electron chi connectivity index (χ4n) is 1.11. The van der Waals surface area contributed by atoms with Crippen LogP contribution in [0.2, 0.25) is 0 Å². The van der Waals surface area contributed by atoms with Crippen molar-refractivity contribution in [1.29, 1.82) is 0 Å². The molecule has 0 bridgehead atoms. The van der Waals surface area contributed by atoms with Gasteiger partial charge in [0.1, 0.15) is 0 Å². The topological polar surface area (TPSA) is 12.0 Å². The predicted octanol–water partition coefficient (Wildman–Crippen LogP) is 5.71. The SMILES string of the molecule is CCCCSCCNCCSCCCC.[Cl][Cr]([Cl])[Cl]. The van der Waals surface area contributed by atoms with Crippen molar-refractivity contribution < 1.29 is 11.4 Å². The molecule has 0 unspecified atom stereocenters. The number of hydrogen-bond acceptors (Lipinski definition) is 3. The summed E-state index contributed by atoms with van der Waals surface area (Å²) in [5, 5.41) is 3.50. The Balaban J connectivity index is 0. The summed E-state index contributed by atoms with van der Waals surface area (Å²) >= 11 is 2.54. The number of halogens is 3. The molecule has 0 spiro atoms. The van der Waals surface area contributed by atoms with Crippen molar-refractivity contribution in [3.63, 3.8) is 0 Å². The molecule has 0 aromatic heterocycles. The molecule has 0 saturated carbocycles. The molecule has 0 rings (SSSR count). The zero-order chi connectivity index (χ0) is 14.8. The second-order valence-electron chi connectivity index (χ2n) is 3.86. The summed E-state index contributed by atoms with van der Waals surface area (Å²) < 4.78 is 0. The average molecular weight is 408 g/mol. The van der Waals surface area contributed by atoms with E-state index in [1.54, 1.807) is 0 Å². The van der Waals surface area contributed by atoms with Crippen LogP contribution >= 0.6 is 53.7 Å². The average Bonchev–Trinajstić information content (AvgIpc) is 2.35. The molecule has 0 aliphatic heterocycles. The summed E-state index contributed by atoms with van der Waals surface area (Å²) in [4.78, 5) is 0. The van der Waals surface area contributed by atoms with Gasteiger partial charge in [0.2, 0.25) is 0 Å². The van der Waals surface area contributed by atoms with Gasteiger partial charge >= 0.3 is 41.5 Å². The summed E-state index contributed by atoms with van der Waals surface area (Å²) in [6.45, 7) is 6.88. The molecular formula is C12H27Cl3CrNS2. The third kappa shape index (κ3) is 33.1. The summed E-state index contributed by atoms with van der Waals surface area (Å²) in [5.74, 6) is 5.23. The van der Waals surface area contributed by atoms with Gasteiger partial charge in [-0.3, -0.25) is 0 Å². The van der Waals surface area contributed by atoms with Gasteiger partial charge in [0.05, 0.1) is 0 Å². The Morgan fingerprint density at radius 1 is 0.789 bits per heavy atom. The Kier molecular flexibility index (Phi) is 27.4. The Hall–Kier alpha value is 2.06. The molecule has 0 aromatic rings. The number of unbranched alkanes of at least 4 members (excludes halogenated alkanes) is 2. The van der Waals surface area contributed by atoms with Crippen molar-refractivity contribution >= 4 is 53.7 Å². The molecule has 0 heterocycles. The summed E-state index contributed by atoms with van der Waals surface area (Å²) in [6, 6.07) is 0. The molecule has 19 heavy (non-hydrogen) atoms. The van der Waals surface area contributed by atoms with Gasteiger partial charge in [-0.2, -0.15) is 23.5 Å². The standard InChI is InChI=1S/C12H27NS2.3ClH.Cr/c1-3-5-9-14-11-7-13-8-12-15-10-6-4-2;;;;/h13H,3-12H2,1-2H3;3*1H;/q;;;;+3/p-3. The molecule has 0 amide bonds. The monoisotopic (exact) mass is 406 g/mol. The molecule has 0 atom stereocenters. The number of rotatable bonds is 12. The summed E-state index contributed by atoms with van der Waals surface area (Å²) in [7, 11) is 14.8. The quantitative estimate of drug-likeness (QED) is 0.416. The first-order valence-electron chi connectivity index (χ1n) is 6.74. The van der Waals surface area contributed by atoms with Gasteiger partial charge in [0, 0.05) is 24.6 Å².